The summed E-state index contributed by atoms with van der Waals surface area (Å²) >= 11 is 11.6. The molecule has 3 N–H and O–H groups in total. The van der Waals surface area contributed by atoms with Gasteiger partial charge >= 0.3 is 12.0 Å². The molecule has 1 aromatic rings. The van der Waals surface area contributed by atoms with Crippen LogP contribution in [0.15, 0.2) is 12.1 Å². The fraction of sp³-hybridized carbons (Fsp3) is 0.333. The summed E-state index contributed by atoms with van der Waals surface area (Å²) in [6, 6.07) is 0.0139. The highest BCUT2D eigenvalue weighted by molar-refractivity contribution is 6.39. The second-order valence-corrected chi connectivity index (χ2v) is 5.38. The highest BCUT2D eigenvalue weighted by atomic mass is 35.5. The van der Waals surface area contributed by atoms with Gasteiger partial charge in [-0.2, -0.15) is 0 Å². The van der Waals surface area contributed by atoms with Crippen LogP contribution in [0.25, 0.3) is 0 Å². The van der Waals surface area contributed by atoms with Gasteiger partial charge in [-0.1, -0.05) is 23.2 Å². The molecule has 9 heteroatoms. The number of rotatable bonds is 2. The number of aliphatic hydroxyl groups is 1. The number of likely N-dealkylation sites (tertiary alicyclic amines) is 1. The fourth-order valence-electron chi connectivity index (χ4n) is 2.11. The Kier molecular flexibility index (Phi) is 4.55. The van der Waals surface area contributed by atoms with E-state index in [-0.39, 0.29) is 28.7 Å². The van der Waals surface area contributed by atoms with E-state index in [0.717, 1.165) is 17.0 Å². The first-order chi connectivity index (χ1) is 9.79. The SMILES string of the molecule is O=C(O)[C@@H]1C[C@H](O)CN1C(=O)Nc1c(Cl)cc(F)cc1Cl. The van der Waals surface area contributed by atoms with Gasteiger partial charge in [-0.05, 0) is 12.1 Å². The van der Waals surface area contributed by atoms with Gasteiger partial charge in [0.15, 0.2) is 0 Å². The summed E-state index contributed by atoms with van der Waals surface area (Å²) in [5.74, 6) is -1.89. The lowest BCUT2D eigenvalue weighted by molar-refractivity contribution is -0.141. The van der Waals surface area contributed by atoms with Gasteiger partial charge in [0.05, 0.1) is 21.8 Å². The molecule has 0 spiro atoms. The van der Waals surface area contributed by atoms with Gasteiger partial charge in [-0.3, -0.25) is 0 Å². The number of anilines is 1. The molecule has 0 saturated carbocycles. The van der Waals surface area contributed by atoms with Gasteiger partial charge in [0, 0.05) is 13.0 Å². The molecule has 0 aromatic heterocycles. The van der Waals surface area contributed by atoms with Crippen molar-refractivity contribution in [2.45, 2.75) is 18.6 Å². The largest absolute Gasteiger partial charge is 0.480 e. The van der Waals surface area contributed by atoms with Crippen molar-refractivity contribution in [2.75, 3.05) is 11.9 Å². The van der Waals surface area contributed by atoms with E-state index in [0.29, 0.717) is 0 Å². The quantitative estimate of drug-likeness (QED) is 0.772. The van der Waals surface area contributed by atoms with Crippen molar-refractivity contribution in [3.05, 3.63) is 28.0 Å². The van der Waals surface area contributed by atoms with E-state index in [1.54, 1.807) is 0 Å². The molecule has 0 bridgehead atoms. The first-order valence-corrected chi connectivity index (χ1v) is 6.68. The van der Waals surface area contributed by atoms with Crippen molar-refractivity contribution in [1.82, 2.24) is 4.90 Å². The molecule has 1 aliphatic rings. The zero-order valence-corrected chi connectivity index (χ0v) is 12.0. The smallest absolute Gasteiger partial charge is 0.326 e. The summed E-state index contributed by atoms with van der Waals surface area (Å²) < 4.78 is 13.1. The summed E-state index contributed by atoms with van der Waals surface area (Å²) in [4.78, 5) is 24.1. The van der Waals surface area contributed by atoms with Crippen molar-refractivity contribution < 1.29 is 24.2 Å². The molecule has 0 unspecified atom stereocenters. The maximum Gasteiger partial charge on any atom is 0.326 e. The van der Waals surface area contributed by atoms with Crippen molar-refractivity contribution >= 4 is 40.9 Å². The summed E-state index contributed by atoms with van der Waals surface area (Å²) in [5.41, 5.74) is -0.0183. The van der Waals surface area contributed by atoms with Crippen LogP contribution in [0.1, 0.15) is 6.42 Å². The monoisotopic (exact) mass is 336 g/mol. The van der Waals surface area contributed by atoms with Gasteiger partial charge in [-0.15, -0.1) is 0 Å². The van der Waals surface area contributed by atoms with Gasteiger partial charge in [0.2, 0.25) is 0 Å². The molecule has 1 saturated heterocycles. The standard InChI is InChI=1S/C12H11Cl2FN2O4/c13-7-1-5(15)2-8(14)10(7)16-12(21)17-4-6(18)3-9(17)11(19)20/h1-2,6,9,18H,3-4H2,(H,16,21)(H,19,20)/t6-,9-/m0/s1. The summed E-state index contributed by atoms with van der Waals surface area (Å²) in [6.45, 7) is -0.126. The molecule has 0 radical (unpaired) electrons. The maximum absolute atomic E-state index is 13.1. The number of nitrogens with zero attached hydrogens (tertiary/aromatic N) is 1. The molecule has 2 amide bonds. The molecule has 2 rings (SSSR count). The number of carbonyl (C=O) groups excluding carboxylic acids is 1. The van der Waals surface area contributed by atoms with Crippen LogP contribution in [0, 0.1) is 5.82 Å². The second-order valence-electron chi connectivity index (χ2n) is 4.57. The minimum atomic E-state index is -1.22. The number of urea groups is 1. The van der Waals surface area contributed by atoms with Crippen LogP contribution in [0.4, 0.5) is 14.9 Å². The molecule has 1 heterocycles. The van der Waals surface area contributed by atoms with Crippen LogP contribution in [-0.2, 0) is 4.79 Å². The lowest BCUT2D eigenvalue weighted by Gasteiger charge is -2.22. The van der Waals surface area contributed by atoms with E-state index in [1.807, 2.05) is 0 Å². The highest BCUT2D eigenvalue weighted by Gasteiger charge is 2.39. The molecule has 0 aliphatic carbocycles. The molecular formula is C12H11Cl2FN2O4. The van der Waals surface area contributed by atoms with E-state index < -0.39 is 30.0 Å². The summed E-state index contributed by atoms with van der Waals surface area (Å²) in [6.07, 6.45) is -0.982. The van der Waals surface area contributed by atoms with Crippen LogP contribution in [0.2, 0.25) is 10.0 Å². The number of carboxylic acid groups (broad SMARTS) is 1. The molecular weight excluding hydrogens is 326 g/mol. The van der Waals surface area contributed by atoms with Gasteiger partial charge in [0.25, 0.3) is 0 Å². The number of aliphatic hydroxyl groups excluding tert-OH is 1. The fourth-order valence-corrected chi connectivity index (χ4v) is 2.67. The number of β-amino-alcohol motifs (C(OH)–C–C–N with tert-alkyl or cyclic N) is 1. The molecule has 21 heavy (non-hydrogen) atoms. The number of amides is 2. The Labute approximate surface area is 129 Å². The second kappa shape index (κ2) is 6.05. The predicted octanol–water partition coefficient (Wildman–Crippen LogP) is 2.18. The van der Waals surface area contributed by atoms with E-state index in [9.17, 15) is 19.1 Å². The Morgan fingerprint density at radius 2 is 1.90 bits per heavy atom. The zero-order chi connectivity index (χ0) is 15.7. The van der Waals surface area contributed by atoms with Crippen molar-refractivity contribution in [2.24, 2.45) is 0 Å². The molecule has 1 fully saturated rings. The van der Waals surface area contributed by atoms with Crippen LogP contribution in [0.5, 0.6) is 0 Å². The Hall–Kier alpha value is -1.57. The number of halogens is 3. The lowest BCUT2D eigenvalue weighted by Crippen LogP contribution is -2.43. The minimum Gasteiger partial charge on any atom is -0.480 e. The van der Waals surface area contributed by atoms with E-state index in [4.69, 9.17) is 28.3 Å². The van der Waals surface area contributed by atoms with Crippen LogP contribution < -0.4 is 5.32 Å². The number of carboxylic acids is 1. The molecule has 1 aromatic carbocycles. The minimum absolute atomic E-state index is 0.0183. The van der Waals surface area contributed by atoms with Crippen LogP contribution >= 0.6 is 23.2 Å². The van der Waals surface area contributed by atoms with Gasteiger partial charge < -0.3 is 20.4 Å². The number of nitrogens with one attached hydrogen (secondary N) is 1. The Balaban J connectivity index is 2.20. The number of carbonyl (C=O) groups is 2. The third-order valence-electron chi connectivity index (χ3n) is 3.06. The van der Waals surface area contributed by atoms with Crippen LogP contribution in [-0.4, -0.2) is 45.8 Å². The predicted molar refractivity (Wildman–Crippen MR) is 74.2 cm³/mol. The molecule has 114 valence electrons. The molecule has 2 atom stereocenters. The number of aliphatic carboxylic acids is 1. The summed E-state index contributed by atoms with van der Waals surface area (Å²) in [5, 5.41) is 20.6. The first kappa shape index (κ1) is 15.8. The summed E-state index contributed by atoms with van der Waals surface area (Å²) in [7, 11) is 0. The van der Waals surface area contributed by atoms with E-state index >= 15 is 0 Å². The van der Waals surface area contributed by atoms with Crippen LogP contribution in [0.3, 0.4) is 0 Å². The van der Waals surface area contributed by atoms with E-state index in [2.05, 4.69) is 5.32 Å². The maximum atomic E-state index is 13.1. The third kappa shape index (κ3) is 3.37. The average Bonchev–Trinajstić information content (AvgIpc) is 2.76. The van der Waals surface area contributed by atoms with Crippen molar-refractivity contribution in [1.29, 1.82) is 0 Å². The first-order valence-electron chi connectivity index (χ1n) is 5.92. The number of hydrogen-bond acceptors (Lipinski definition) is 3. The van der Waals surface area contributed by atoms with Crippen molar-refractivity contribution in [3.8, 4) is 0 Å². The van der Waals surface area contributed by atoms with Gasteiger partial charge in [0.1, 0.15) is 11.9 Å². The Morgan fingerprint density at radius 3 is 2.43 bits per heavy atom. The molecule has 6 nitrogen and oxygen atoms in total. The third-order valence-corrected chi connectivity index (χ3v) is 3.66. The zero-order valence-electron chi connectivity index (χ0n) is 10.5. The Morgan fingerprint density at radius 1 is 1.33 bits per heavy atom. The molecule has 1 aliphatic heterocycles. The number of hydrogen-bond donors (Lipinski definition) is 3. The average molecular weight is 337 g/mol. The normalized spacial score (nSPS) is 21.4. The lowest BCUT2D eigenvalue weighted by atomic mass is 10.2. The number of benzene rings is 1. The highest BCUT2D eigenvalue weighted by Crippen LogP contribution is 2.32. The van der Waals surface area contributed by atoms with Crippen molar-refractivity contribution in [3.63, 3.8) is 0 Å². The topological polar surface area (TPSA) is 89.9 Å². The van der Waals surface area contributed by atoms with Gasteiger partial charge in [-0.25, -0.2) is 14.0 Å². The Bertz CT molecular complexity index is 576. The van der Waals surface area contributed by atoms with E-state index in [1.165, 1.54) is 0 Å².